The van der Waals surface area contributed by atoms with Gasteiger partial charge in [-0.2, -0.15) is 0 Å². The Kier molecular flexibility index (Phi) is 4.97. The number of nitrogens with zero attached hydrogens (tertiary/aromatic N) is 1. The van der Waals surface area contributed by atoms with E-state index in [0.29, 0.717) is 0 Å². The van der Waals surface area contributed by atoms with Gasteiger partial charge < -0.3 is 4.98 Å². The number of carbonyl (C=O) groups excluding carboxylic acids is 2. The minimum atomic E-state index is -0.303. The molecule has 0 saturated carbocycles. The van der Waals surface area contributed by atoms with E-state index in [0.717, 1.165) is 27.9 Å². The van der Waals surface area contributed by atoms with Crippen LogP contribution in [0.3, 0.4) is 0 Å². The van der Waals surface area contributed by atoms with Crippen LogP contribution in [0, 0.1) is 5.82 Å². The second-order valence-electron chi connectivity index (χ2n) is 6.39. The fourth-order valence-electron chi connectivity index (χ4n) is 3.09. The molecule has 29 heavy (non-hydrogen) atoms. The normalized spacial score (nSPS) is 13.1. The summed E-state index contributed by atoms with van der Waals surface area (Å²) >= 11 is 0. The van der Waals surface area contributed by atoms with E-state index in [1.165, 1.54) is 36.4 Å². The van der Waals surface area contributed by atoms with Crippen molar-refractivity contribution in [3.63, 3.8) is 0 Å². The number of benzene rings is 1. The van der Waals surface area contributed by atoms with Gasteiger partial charge in [0.2, 0.25) is 0 Å². The number of carbonyl (C=O) groups is 2. The second kappa shape index (κ2) is 7.89. The van der Waals surface area contributed by atoms with Crippen LogP contribution in [0.15, 0.2) is 90.6 Å². The topological polar surface area (TPSA) is 62.8 Å². The molecule has 0 spiro atoms. The molecule has 4 nitrogen and oxygen atoms in total. The van der Waals surface area contributed by atoms with E-state index in [4.69, 9.17) is 0 Å². The summed E-state index contributed by atoms with van der Waals surface area (Å²) in [6.45, 7) is 0. The molecular formula is C24H15FN2O2. The summed E-state index contributed by atoms with van der Waals surface area (Å²) in [6.07, 6.45) is 12.2. The molecule has 3 aromatic rings. The monoisotopic (exact) mass is 382 g/mol. The Bertz CT molecular complexity index is 1210. The van der Waals surface area contributed by atoms with Crippen LogP contribution in [0.25, 0.3) is 28.5 Å². The summed E-state index contributed by atoms with van der Waals surface area (Å²) in [7, 11) is 0. The molecular weight excluding hydrogens is 367 g/mol. The van der Waals surface area contributed by atoms with E-state index in [-0.39, 0.29) is 23.0 Å². The highest BCUT2D eigenvalue weighted by molar-refractivity contribution is 6.18. The van der Waals surface area contributed by atoms with Crippen molar-refractivity contribution in [3.8, 4) is 22.4 Å². The molecule has 140 valence electrons. The molecule has 1 aliphatic carbocycles. The highest BCUT2D eigenvalue weighted by Gasteiger charge is 2.14. The Morgan fingerprint density at radius 1 is 0.931 bits per heavy atom. The van der Waals surface area contributed by atoms with Crippen molar-refractivity contribution < 1.29 is 14.0 Å². The molecule has 2 aromatic heterocycles. The Hall–Kier alpha value is -4.08. The van der Waals surface area contributed by atoms with Crippen molar-refractivity contribution in [2.75, 3.05) is 0 Å². The van der Waals surface area contributed by atoms with Gasteiger partial charge in [0, 0.05) is 35.3 Å². The molecule has 0 unspecified atom stereocenters. The van der Waals surface area contributed by atoms with E-state index in [1.807, 2.05) is 18.3 Å². The lowest BCUT2D eigenvalue weighted by Crippen LogP contribution is -2.04. The lowest BCUT2D eigenvalue weighted by molar-refractivity contribution is -0.114. The van der Waals surface area contributed by atoms with Crippen LogP contribution < -0.4 is 0 Å². The predicted molar refractivity (Wildman–Crippen MR) is 109 cm³/mol. The van der Waals surface area contributed by atoms with Crippen LogP contribution in [0.2, 0.25) is 0 Å². The molecule has 0 atom stereocenters. The van der Waals surface area contributed by atoms with E-state index in [1.54, 1.807) is 30.6 Å². The fraction of sp³-hybridized carbons (Fsp3) is 0. The van der Waals surface area contributed by atoms with Gasteiger partial charge in [0.1, 0.15) is 5.82 Å². The van der Waals surface area contributed by atoms with Gasteiger partial charge in [-0.15, -0.1) is 5.73 Å². The van der Waals surface area contributed by atoms with Gasteiger partial charge >= 0.3 is 0 Å². The Balaban J connectivity index is 1.78. The smallest absolute Gasteiger partial charge is 0.186 e. The molecule has 5 heteroatoms. The first-order chi connectivity index (χ1) is 14.1. The standard InChI is InChI=1S/C24H15FN2O2/c25-20-6-4-17(5-7-20)24-23(16-10-12-26-13-11-16)19(15-27-24)3-1-2-18-14-21(28)8-9-22(18)29/h2-15,27H. The van der Waals surface area contributed by atoms with Crippen LogP contribution in [0.1, 0.15) is 5.56 Å². The third-order valence-corrected chi connectivity index (χ3v) is 4.47. The molecule has 1 N–H and O–H groups in total. The summed E-state index contributed by atoms with van der Waals surface area (Å²) in [5.41, 5.74) is 7.60. The number of H-pyrrole nitrogens is 1. The first kappa shape index (κ1) is 18.3. The Morgan fingerprint density at radius 3 is 2.45 bits per heavy atom. The number of nitrogens with one attached hydrogen (secondary N) is 1. The minimum Gasteiger partial charge on any atom is -0.360 e. The fourth-order valence-corrected chi connectivity index (χ4v) is 3.09. The van der Waals surface area contributed by atoms with Crippen molar-refractivity contribution >= 4 is 17.6 Å². The highest BCUT2D eigenvalue weighted by Crippen LogP contribution is 2.35. The van der Waals surface area contributed by atoms with Crippen LogP contribution in [-0.2, 0) is 9.59 Å². The maximum absolute atomic E-state index is 13.3. The molecule has 4 rings (SSSR count). The van der Waals surface area contributed by atoms with E-state index in [2.05, 4.69) is 15.7 Å². The van der Waals surface area contributed by atoms with Gasteiger partial charge in [0.05, 0.1) is 5.69 Å². The van der Waals surface area contributed by atoms with E-state index >= 15 is 0 Å². The van der Waals surface area contributed by atoms with Crippen molar-refractivity contribution in [1.82, 2.24) is 9.97 Å². The number of aromatic nitrogens is 2. The molecule has 0 radical (unpaired) electrons. The first-order valence-electron chi connectivity index (χ1n) is 8.90. The van der Waals surface area contributed by atoms with Crippen LogP contribution in [0.5, 0.6) is 0 Å². The van der Waals surface area contributed by atoms with E-state index < -0.39 is 0 Å². The Labute approximate surface area is 166 Å². The van der Waals surface area contributed by atoms with Gasteiger partial charge in [0.25, 0.3) is 0 Å². The number of ketones is 2. The molecule has 0 bridgehead atoms. The molecule has 0 amide bonds. The minimum absolute atomic E-state index is 0.227. The third-order valence-electron chi connectivity index (χ3n) is 4.47. The second-order valence-corrected chi connectivity index (χ2v) is 6.39. The number of halogens is 1. The van der Waals surface area contributed by atoms with Gasteiger partial charge in [-0.25, -0.2) is 4.39 Å². The number of hydrogen-bond donors (Lipinski definition) is 1. The lowest BCUT2D eigenvalue weighted by atomic mass is 9.98. The van der Waals surface area contributed by atoms with E-state index in [9.17, 15) is 14.0 Å². The summed E-state index contributed by atoms with van der Waals surface area (Å²) in [5.74, 6) is -0.765. The quantitative estimate of drug-likeness (QED) is 0.526. The van der Waals surface area contributed by atoms with Crippen molar-refractivity contribution in [2.24, 2.45) is 0 Å². The lowest BCUT2D eigenvalue weighted by Gasteiger charge is -2.06. The maximum atomic E-state index is 13.3. The molecule has 1 aromatic carbocycles. The third kappa shape index (κ3) is 3.95. The SMILES string of the molecule is O=C1C=CC(=O)C(C=C=Cc2c[nH]c(-c3ccc(F)cc3)c2-c2ccncc2)=C1. The molecule has 1 aliphatic rings. The average molecular weight is 382 g/mol. The average Bonchev–Trinajstić information content (AvgIpc) is 3.15. The number of allylic oxidation sites excluding steroid dienone is 5. The first-order valence-corrected chi connectivity index (χ1v) is 8.90. The highest BCUT2D eigenvalue weighted by atomic mass is 19.1. The molecule has 2 heterocycles. The summed E-state index contributed by atoms with van der Waals surface area (Å²) < 4.78 is 13.3. The van der Waals surface area contributed by atoms with Crippen molar-refractivity contribution in [3.05, 3.63) is 102 Å². The molecule has 0 saturated heterocycles. The summed E-state index contributed by atoms with van der Waals surface area (Å²) in [5, 5.41) is 0. The Morgan fingerprint density at radius 2 is 1.69 bits per heavy atom. The molecule has 0 aliphatic heterocycles. The van der Waals surface area contributed by atoms with Crippen LogP contribution >= 0.6 is 0 Å². The number of aromatic amines is 1. The summed E-state index contributed by atoms with van der Waals surface area (Å²) in [6, 6.07) is 10.0. The van der Waals surface area contributed by atoms with Crippen molar-refractivity contribution in [2.45, 2.75) is 0 Å². The largest absolute Gasteiger partial charge is 0.360 e. The van der Waals surface area contributed by atoms with Crippen LogP contribution in [0.4, 0.5) is 4.39 Å². The maximum Gasteiger partial charge on any atom is 0.186 e. The summed E-state index contributed by atoms with van der Waals surface area (Å²) in [4.78, 5) is 30.6. The number of rotatable bonds is 4. The zero-order valence-electron chi connectivity index (χ0n) is 15.2. The zero-order chi connectivity index (χ0) is 20.2. The van der Waals surface area contributed by atoms with Gasteiger partial charge in [-0.3, -0.25) is 14.6 Å². The van der Waals surface area contributed by atoms with Gasteiger partial charge in [-0.05, 0) is 77.9 Å². The number of pyridine rings is 1. The van der Waals surface area contributed by atoms with Gasteiger partial charge in [0.15, 0.2) is 11.6 Å². The van der Waals surface area contributed by atoms with Crippen molar-refractivity contribution in [1.29, 1.82) is 0 Å². The molecule has 0 fully saturated rings. The zero-order valence-corrected chi connectivity index (χ0v) is 15.2. The van der Waals surface area contributed by atoms with Gasteiger partial charge in [-0.1, -0.05) is 0 Å². The predicted octanol–water partition coefficient (Wildman–Crippen LogP) is 4.69. The number of hydrogen-bond acceptors (Lipinski definition) is 3. The van der Waals surface area contributed by atoms with Crippen LogP contribution in [-0.4, -0.2) is 21.5 Å².